The number of rotatable bonds is 5. The lowest BCUT2D eigenvalue weighted by Gasteiger charge is -2.00. The van der Waals surface area contributed by atoms with Gasteiger partial charge in [0.2, 0.25) is 0 Å². The molecule has 0 aliphatic heterocycles. The number of aromatic nitrogens is 2. The summed E-state index contributed by atoms with van der Waals surface area (Å²) < 4.78 is 1.15. The summed E-state index contributed by atoms with van der Waals surface area (Å²) in [6.45, 7) is 1.58. The number of nitro groups is 2. The first-order valence-corrected chi connectivity index (χ1v) is 8.56. The van der Waals surface area contributed by atoms with E-state index in [1.807, 2.05) is 0 Å². The van der Waals surface area contributed by atoms with E-state index in [1.165, 1.54) is 24.3 Å². The van der Waals surface area contributed by atoms with Crippen molar-refractivity contribution in [2.24, 2.45) is 10.2 Å². The number of nitro benzene ring substituents is 2. The van der Waals surface area contributed by atoms with E-state index in [9.17, 15) is 25.0 Å². The second-order valence-corrected chi connectivity index (χ2v) is 6.53. The topological polar surface area (TPSA) is 149 Å². The first kappa shape index (κ1) is 20.2. The van der Waals surface area contributed by atoms with E-state index >= 15 is 0 Å². The lowest BCUT2D eigenvalue weighted by Crippen LogP contribution is -2.13. The summed E-state index contributed by atoms with van der Waals surface area (Å²) in [7, 11) is 0. The highest BCUT2D eigenvalue weighted by molar-refractivity contribution is 6.39. The van der Waals surface area contributed by atoms with Gasteiger partial charge < -0.3 is 0 Å². The SMILES string of the molecule is Cc1[nH]n(-c2ccc([N+](=O)[O-])cc2)c(=O)c1N=Nc1c(Cl)cc([N+](=O)[O-])cc1Cl. The Morgan fingerprint density at radius 3 is 1.97 bits per heavy atom. The summed E-state index contributed by atoms with van der Waals surface area (Å²) in [5, 5.41) is 31.9. The third-order valence-corrected chi connectivity index (χ3v) is 4.40. The van der Waals surface area contributed by atoms with E-state index in [-0.39, 0.29) is 32.8 Å². The van der Waals surface area contributed by atoms with Gasteiger partial charge in [0, 0.05) is 24.3 Å². The molecule has 2 aromatic carbocycles. The molecule has 0 aliphatic carbocycles. The summed E-state index contributed by atoms with van der Waals surface area (Å²) in [5.74, 6) is 0. The van der Waals surface area contributed by atoms with Gasteiger partial charge in [-0.05, 0) is 19.1 Å². The van der Waals surface area contributed by atoms with Gasteiger partial charge in [-0.3, -0.25) is 30.1 Å². The number of non-ortho nitro benzene ring substituents is 2. The fraction of sp³-hybridized carbons (Fsp3) is 0.0625. The summed E-state index contributed by atoms with van der Waals surface area (Å²) in [6, 6.07) is 7.47. The molecule has 148 valence electrons. The largest absolute Gasteiger partial charge is 0.299 e. The van der Waals surface area contributed by atoms with Crippen LogP contribution in [0.5, 0.6) is 0 Å². The lowest BCUT2D eigenvalue weighted by molar-refractivity contribution is -0.385. The number of hydrogen-bond acceptors (Lipinski definition) is 7. The van der Waals surface area contributed by atoms with Crippen LogP contribution in [-0.4, -0.2) is 19.6 Å². The third kappa shape index (κ3) is 4.00. The molecule has 11 nitrogen and oxygen atoms in total. The zero-order chi connectivity index (χ0) is 21.3. The van der Waals surface area contributed by atoms with Gasteiger partial charge in [0.1, 0.15) is 5.69 Å². The zero-order valence-electron chi connectivity index (χ0n) is 14.5. The minimum atomic E-state index is -0.655. The molecule has 0 spiro atoms. The number of benzene rings is 2. The number of nitrogens with zero attached hydrogens (tertiary/aromatic N) is 5. The van der Waals surface area contributed by atoms with Gasteiger partial charge in [-0.2, -0.15) is 0 Å². The predicted molar refractivity (Wildman–Crippen MR) is 105 cm³/mol. The van der Waals surface area contributed by atoms with Crippen molar-refractivity contribution in [2.45, 2.75) is 6.92 Å². The smallest absolute Gasteiger partial charge is 0.293 e. The van der Waals surface area contributed by atoms with Gasteiger partial charge in [-0.25, -0.2) is 4.68 Å². The second-order valence-electron chi connectivity index (χ2n) is 5.71. The molecular weight excluding hydrogens is 427 g/mol. The summed E-state index contributed by atoms with van der Waals surface area (Å²) in [5.41, 5.74) is -0.337. The van der Waals surface area contributed by atoms with E-state index in [0.717, 1.165) is 16.8 Å². The monoisotopic (exact) mass is 436 g/mol. The molecule has 0 saturated carbocycles. The molecular formula is C16H10Cl2N6O5. The Balaban J connectivity index is 1.99. The molecule has 0 aliphatic rings. The first-order chi connectivity index (χ1) is 13.7. The molecule has 1 N–H and O–H groups in total. The minimum Gasteiger partial charge on any atom is -0.293 e. The Morgan fingerprint density at radius 2 is 1.45 bits per heavy atom. The van der Waals surface area contributed by atoms with Gasteiger partial charge in [-0.15, -0.1) is 10.2 Å². The fourth-order valence-corrected chi connectivity index (χ4v) is 2.96. The van der Waals surface area contributed by atoms with E-state index in [1.54, 1.807) is 6.92 Å². The first-order valence-electron chi connectivity index (χ1n) is 7.80. The lowest BCUT2D eigenvalue weighted by atomic mass is 10.3. The summed E-state index contributed by atoms with van der Waals surface area (Å²) in [6.07, 6.45) is 0. The number of azo groups is 1. The van der Waals surface area contributed by atoms with Crippen molar-refractivity contribution in [3.8, 4) is 5.69 Å². The summed E-state index contributed by atoms with van der Waals surface area (Å²) >= 11 is 12.0. The van der Waals surface area contributed by atoms with E-state index in [2.05, 4.69) is 15.3 Å². The maximum Gasteiger partial charge on any atom is 0.299 e. The number of halogens is 2. The number of nitrogens with one attached hydrogen (secondary N) is 1. The molecule has 0 unspecified atom stereocenters. The summed E-state index contributed by atoms with van der Waals surface area (Å²) in [4.78, 5) is 33.0. The highest BCUT2D eigenvalue weighted by Crippen LogP contribution is 2.37. The standard InChI is InChI=1S/C16H10Cl2N6O5/c1-8-14(19-20-15-12(17)6-11(24(28)29)7-13(15)18)16(25)22(21-8)9-2-4-10(5-3-9)23(26)27/h2-7,21H,1H3. The molecule has 13 heteroatoms. The molecule has 29 heavy (non-hydrogen) atoms. The van der Waals surface area contributed by atoms with Gasteiger partial charge in [0.05, 0.1) is 31.3 Å². The highest BCUT2D eigenvalue weighted by Gasteiger charge is 2.16. The Kier molecular flexibility index (Phi) is 5.43. The maximum absolute atomic E-state index is 12.6. The van der Waals surface area contributed by atoms with Crippen LogP contribution in [0.2, 0.25) is 10.0 Å². The van der Waals surface area contributed by atoms with Crippen molar-refractivity contribution >= 4 is 46.0 Å². The number of aromatic amines is 1. The van der Waals surface area contributed by atoms with Crippen LogP contribution < -0.4 is 5.56 Å². The highest BCUT2D eigenvalue weighted by atomic mass is 35.5. The van der Waals surface area contributed by atoms with E-state index in [0.29, 0.717) is 11.4 Å². The number of aryl methyl sites for hydroxylation is 1. The fourth-order valence-electron chi connectivity index (χ4n) is 2.41. The molecule has 1 heterocycles. The van der Waals surface area contributed by atoms with Crippen molar-refractivity contribution < 1.29 is 9.85 Å². The van der Waals surface area contributed by atoms with E-state index in [4.69, 9.17) is 23.2 Å². The molecule has 0 saturated heterocycles. The predicted octanol–water partition coefficient (Wildman–Crippen LogP) is 5.01. The van der Waals surface area contributed by atoms with Crippen LogP contribution in [0.4, 0.5) is 22.7 Å². The number of H-pyrrole nitrogens is 1. The zero-order valence-corrected chi connectivity index (χ0v) is 16.0. The molecule has 1 aromatic heterocycles. The van der Waals surface area contributed by atoms with Crippen LogP contribution in [0.1, 0.15) is 5.69 Å². The van der Waals surface area contributed by atoms with Crippen LogP contribution in [0.15, 0.2) is 51.4 Å². The molecule has 3 rings (SSSR count). The van der Waals surface area contributed by atoms with Crippen LogP contribution in [0.25, 0.3) is 5.69 Å². The van der Waals surface area contributed by atoms with E-state index < -0.39 is 15.4 Å². The molecule has 0 fully saturated rings. The molecule has 0 bridgehead atoms. The second kappa shape index (κ2) is 7.81. The van der Waals surface area contributed by atoms with Crippen LogP contribution in [-0.2, 0) is 0 Å². The maximum atomic E-state index is 12.6. The van der Waals surface area contributed by atoms with Crippen LogP contribution >= 0.6 is 23.2 Å². The van der Waals surface area contributed by atoms with Crippen molar-refractivity contribution in [1.82, 2.24) is 9.78 Å². The van der Waals surface area contributed by atoms with Gasteiger partial charge >= 0.3 is 0 Å². The molecule has 0 amide bonds. The average Bonchev–Trinajstić information content (AvgIpc) is 2.95. The van der Waals surface area contributed by atoms with Gasteiger partial charge in [0.25, 0.3) is 16.9 Å². The Hall–Kier alpha value is -3.57. The van der Waals surface area contributed by atoms with Gasteiger partial charge in [0.15, 0.2) is 5.69 Å². The van der Waals surface area contributed by atoms with Gasteiger partial charge in [-0.1, -0.05) is 23.2 Å². The Bertz CT molecular complexity index is 1190. The quantitative estimate of drug-likeness (QED) is 0.338. The Labute approximate surface area is 171 Å². The van der Waals surface area contributed by atoms with Crippen molar-refractivity contribution in [3.05, 3.63) is 82.7 Å². The van der Waals surface area contributed by atoms with Crippen molar-refractivity contribution in [2.75, 3.05) is 0 Å². The number of hydrogen-bond donors (Lipinski definition) is 1. The van der Waals surface area contributed by atoms with Crippen molar-refractivity contribution in [1.29, 1.82) is 0 Å². The van der Waals surface area contributed by atoms with Crippen LogP contribution in [0.3, 0.4) is 0 Å². The minimum absolute atomic E-state index is 0.0270. The average molecular weight is 437 g/mol. The van der Waals surface area contributed by atoms with Crippen molar-refractivity contribution in [3.63, 3.8) is 0 Å². The Morgan fingerprint density at radius 1 is 0.931 bits per heavy atom. The molecule has 0 radical (unpaired) electrons. The molecule has 0 atom stereocenters. The molecule has 3 aromatic rings. The normalized spacial score (nSPS) is 11.1. The third-order valence-electron chi connectivity index (χ3n) is 3.82. The van der Waals surface area contributed by atoms with Crippen LogP contribution in [0, 0.1) is 27.2 Å².